The molecule has 0 unspecified atom stereocenters. The van der Waals surface area contributed by atoms with E-state index in [2.05, 4.69) is 10.1 Å². The summed E-state index contributed by atoms with van der Waals surface area (Å²) >= 11 is 6.35. The van der Waals surface area contributed by atoms with Gasteiger partial charge < -0.3 is 19.8 Å². The number of ether oxygens (including phenoxy) is 1. The van der Waals surface area contributed by atoms with Crippen LogP contribution in [0.1, 0.15) is 27.7 Å². The predicted molar refractivity (Wildman–Crippen MR) is 111 cm³/mol. The molecule has 0 radical (unpaired) electrons. The number of carbonyl (C=O) groups is 2. The van der Waals surface area contributed by atoms with E-state index in [1.807, 2.05) is 0 Å². The van der Waals surface area contributed by atoms with Gasteiger partial charge in [0.05, 0.1) is 19.3 Å². The molecule has 0 spiro atoms. The Hall–Kier alpha value is -3.21. The minimum absolute atomic E-state index is 0.0602. The largest absolute Gasteiger partial charge is 0.483 e. The van der Waals surface area contributed by atoms with Gasteiger partial charge in [0.2, 0.25) is 0 Å². The summed E-state index contributed by atoms with van der Waals surface area (Å²) in [6.07, 6.45) is 0.644. The fourth-order valence-electron chi connectivity index (χ4n) is 3.58. The highest BCUT2D eigenvalue weighted by Crippen LogP contribution is 2.34. The number of carboxylic acid groups (broad SMARTS) is 1. The van der Waals surface area contributed by atoms with E-state index in [9.17, 15) is 14.7 Å². The second kappa shape index (κ2) is 9.73. The molecule has 0 saturated carbocycles. The van der Waals surface area contributed by atoms with Crippen LogP contribution in [-0.2, 0) is 9.53 Å². The van der Waals surface area contributed by atoms with E-state index in [0.717, 1.165) is 5.69 Å². The van der Waals surface area contributed by atoms with Crippen molar-refractivity contribution in [1.29, 1.82) is 0 Å². The molecule has 1 fully saturated rings. The predicted octanol–water partition coefficient (Wildman–Crippen LogP) is 1.26. The Bertz CT molecular complexity index is 1140. The van der Waals surface area contributed by atoms with Gasteiger partial charge in [-0.1, -0.05) is 29.8 Å². The van der Waals surface area contributed by atoms with Crippen LogP contribution in [0.5, 0.6) is 0 Å². The number of halogens is 1. The maximum Gasteiger partial charge on any atom is 0.290 e. The molecule has 0 bridgehead atoms. The molecule has 0 aliphatic carbocycles. The molecule has 164 valence electrons. The number of nitrogens with one attached hydrogen (secondary N) is 1. The first-order chi connectivity index (χ1) is 14.9. The van der Waals surface area contributed by atoms with E-state index < -0.39 is 23.6 Å². The second-order valence-electron chi connectivity index (χ2n) is 6.77. The SMILES string of the molecule is Cc1cc2ncc(C(=O)N3CCO[C@@H](CO)[C@@H]3c3ccccc3Cl)c(=O)n2[nH]1.O=CO. The zero-order chi connectivity index (χ0) is 22.5. The van der Waals surface area contributed by atoms with Gasteiger partial charge in [0.25, 0.3) is 17.9 Å². The molecule has 3 aromatic rings. The Morgan fingerprint density at radius 1 is 1.42 bits per heavy atom. The molecule has 1 amide bonds. The summed E-state index contributed by atoms with van der Waals surface area (Å²) in [7, 11) is 0. The van der Waals surface area contributed by atoms with Crippen LogP contribution in [0.15, 0.2) is 41.3 Å². The molecule has 1 aromatic carbocycles. The number of aromatic amines is 1. The standard InChI is InChI=1S/C19H19ClN4O4.CH2O2/c1-11-8-16-21-9-13(19(27)24(16)22-11)18(26)23-6-7-28-15(10-25)17(23)12-4-2-3-5-14(12)20;2-1-3/h2-5,8-9,15,17,22,25H,6-7,10H2,1H3;1H,(H,2,3)/t15-,17-;/m0./s1. The van der Waals surface area contributed by atoms with Crippen LogP contribution in [-0.4, -0.2) is 68.0 Å². The van der Waals surface area contributed by atoms with Crippen molar-refractivity contribution in [2.75, 3.05) is 19.8 Å². The highest BCUT2D eigenvalue weighted by Gasteiger charge is 2.38. The number of aliphatic hydroxyl groups excluding tert-OH is 1. The van der Waals surface area contributed by atoms with Crippen molar-refractivity contribution >= 4 is 29.6 Å². The lowest BCUT2D eigenvalue weighted by Gasteiger charge is -2.41. The number of amides is 1. The van der Waals surface area contributed by atoms with Gasteiger partial charge in [0, 0.05) is 29.5 Å². The van der Waals surface area contributed by atoms with E-state index in [-0.39, 0.29) is 31.8 Å². The third-order valence-corrected chi connectivity index (χ3v) is 5.21. The molecule has 3 N–H and O–H groups in total. The molecular weight excluding hydrogens is 428 g/mol. The minimum atomic E-state index is -0.648. The number of aliphatic hydroxyl groups is 1. The highest BCUT2D eigenvalue weighted by molar-refractivity contribution is 6.31. The van der Waals surface area contributed by atoms with Crippen molar-refractivity contribution in [2.45, 2.75) is 19.1 Å². The van der Waals surface area contributed by atoms with Crippen LogP contribution in [0.2, 0.25) is 5.02 Å². The number of benzene rings is 1. The fraction of sp³-hybridized carbons (Fsp3) is 0.300. The Morgan fingerprint density at radius 2 is 2.13 bits per heavy atom. The van der Waals surface area contributed by atoms with E-state index >= 15 is 0 Å². The summed E-state index contributed by atoms with van der Waals surface area (Å²) in [5, 5.41) is 20.0. The van der Waals surface area contributed by atoms with Gasteiger partial charge in [-0.05, 0) is 18.6 Å². The first-order valence-corrected chi connectivity index (χ1v) is 9.73. The first kappa shape index (κ1) is 22.5. The summed E-state index contributed by atoms with van der Waals surface area (Å²) in [4.78, 5) is 40.2. The van der Waals surface area contributed by atoms with Crippen LogP contribution in [0, 0.1) is 6.92 Å². The summed E-state index contributed by atoms with van der Waals surface area (Å²) in [5.41, 5.74) is 1.32. The summed E-state index contributed by atoms with van der Waals surface area (Å²) in [6.45, 7) is 1.77. The van der Waals surface area contributed by atoms with Crippen molar-refractivity contribution < 1.29 is 24.5 Å². The van der Waals surface area contributed by atoms with Crippen molar-refractivity contribution in [2.24, 2.45) is 0 Å². The quantitative estimate of drug-likeness (QED) is 0.513. The lowest BCUT2D eigenvalue weighted by molar-refractivity contribution is -0.122. The zero-order valence-corrected chi connectivity index (χ0v) is 17.3. The van der Waals surface area contributed by atoms with Crippen LogP contribution in [0.4, 0.5) is 0 Å². The number of H-pyrrole nitrogens is 1. The molecule has 31 heavy (non-hydrogen) atoms. The molecule has 2 aromatic heterocycles. The molecular formula is C20H21ClN4O6. The summed E-state index contributed by atoms with van der Waals surface area (Å²) in [6, 6.07) is 8.19. The third-order valence-electron chi connectivity index (χ3n) is 4.87. The molecule has 10 nitrogen and oxygen atoms in total. The smallest absolute Gasteiger partial charge is 0.290 e. The molecule has 4 rings (SSSR count). The number of hydrogen-bond acceptors (Lipinski definition) is 6. The number of aromatic nitrogens is 3. The number of hydrogen-bond donors (Lipinski definition) is 3. The maximum atomic E-state index is 13.3. The van der Waals surface area contributed by atoms with Crippen molar-refractivity contribution in [3.05, 3.63) is 68.7 Å². The number of morpholine rings is 1. The third kappa shape index (κ3) is 4.46. The van der Waals surface area contributed by atoms with Gasteiger partial charge in [-0.2, -0.15) is 0 Å². The van der Waals surface area contributed by atoms with Gasteiger partial charge in [0.15, 0.2) is 5.65 Å². The first-order valence-electron chi connectivity index (χ1n) is 9.36. The van der Waals surface area contributed by atoms with Crippen molar-refractivity contribution in [3.8, 4) is 0 Å². The lowest BCUT2D eigenvalue weighted by Crippen LogP contribution is -2.50. The van der Waals surface area contributed by atoms with Crippen LogP contribution in [0.25, 0.3) is 5.65 Å². The Morgan fingerprint density at radius 3 is 2.81 bits per heavy atom. The van der Waals surface area contributed by atoms with Gasteiger partial charge in [-0.3, -0.25) is 19.5 Å². The average molecular weight is 449 g/mol. The van der Waals surface area contributed by atoms with Gasteiger partial charge in [0.1, 0.15) is 11.7 Å². The Labute approximate surface area is 181 Å². The van der Waals surface area contributed by atoms with E-state index in [0.29, 0.717) is 16.2 Å². The number of aryl methyl sites for hydroxylation is 1. The zero-order valence-electron chi connectivity index (χ0n) is 16.6. The molecule has 3 heterocycles. The van der Waals surface area contributed by atoms with E-state index in [1.165, 1.54) is 15.6 Å². The van der Waals surface area contributed by atoms with Gasteiger partial charge in [-0.25, -0.2) is 9.50 Å². The Balaban J connectivity index is 0.000000858. The minimum Gasteiger partial charge on any atom is -0.483 e. The molecule has 1 aliphatic rings. The summed E-state index contributed by atoms with van der Waals surface area (Å²) < 4.78 is 6.91. The van der Waals surface area contributed by atoms with Crippen LogP contribution < -0.4 is 5.56 Å². The topological polar surface area (TPSA) is 137 Å². The number of carbonyl (C=O) groups excluding carboxylic acids is 1. The number of nitrogens with zero attached hydrogens (tertiary/aromatic N) is 3. The monoisotopic (exact) mass is 448 g/mol. The summed E-state index contributed by atoms with van der Waals surface area (Å²) in [5.74, 6) is -0.481. The fourth-order valence-corrected chi connectivity index (χ4v) is 3.83. The Kier molecular flexibility index (Phi) is 7.06. The molecule has 1 aliphatic heterocycles. The molecule has 11 heteroatoms. The van der Waals surface area contributed by atoms with E-state index in [4.69, 9.17) is 26.2 Å². The molecule has 2 atom stereocenters. The van der Waals surface area contributed by atoms with Crippen molar-refractivity contribution in [3.63, 3.8) is 0 Å². The van der Waals surface area contributed by atoms with Gasteiger partial charge in [-0.15, -0.1) is 0 Å². The highest BCUT2D eigenvalue weighted by atomic mass is 35.5. The van der Waals surface area contributed by atoms with Crippen LogP contribution in [0.3, 0.4) is 0 Å². The normalized spacial score (nSPS) is 18.4. The average Bonchev–Trinajstić information content (AvgIpc) is 3.15. The van der Waals surface area contributed by atoms with Crippen LogP contribution >= 0.6 is 11.6 Å². The number of rotatable bonds is 3. The number of fused-ring (bicyclic) bond motifs is 1. The maximum absolute atomic E-state index is 13.3. The molecule has 1 saturated heterocycles. The second-order valence-corrected chi connectivity index (χ2v) is 7.18. The van der Waals surface area contributed by atoms with Crippen molar-refractivity contribution in [1.82, 2.24) is 19.5 Å². The van der Waals surface area contributed by atoms with E-state index in [1.54, 1.807) is 37.3 Å². The van der Waals surface area contributed by atoms with Gasteiger partial charge >= 0.3 is 0 Å². The lowest BCUT2D eigenvalue weighted by atomic mass is 9.97.